The number of carbonyl (C=O) groups excluding carboxylic acids is 1. The number of aromatic nitrogens is 2. The highest BCUT2D eigenvalue weighted by atomic mass is 32.2. The highest BCUT2D eigenvalue weighted by molar-refractivity contribution is 8.02. The first-order chi connectivity index (χ1) is 13.0. The molecule has 0 saturated carbocycles. The number of hydrogen-bond acceptors (Lipinski definition) is 7. The highest BCUT2D eigenvalue weighted by Crippen LogP contribution is 2.31. The molecule has 0 aliphatic rings. The topological polar surface area (TPSA) is 90.7 Å². The first-order valence-corrected chi connectivity index (χ1v) is 9.88. The van der Waals surface area contributed by atoms with E-state index in [2.05, 4.69) is 20.8 Å². The number of nitrogens with one attached hydrogen (secondary N) is 2. The fraction of sp³-hybridized carbons (Fsp3) is 0.158. The number of benzene rings is 2. The third kappa shape index (κ3) is 5.29. The zero-order chi connectivity index (χ0) is 19.2. The number of amides is 1. The molecule has 0 fully saturated rings. The third-order valence-corrected chi connectivity index (χ3v) is 5.63. The number of thioether (sulfide) groups is 1. The Morgan fingerprint density at radius 3 is 2.67 bits per heavy atom. The van der Waals surface area contributed by atoms with E-state index in [1.54, 1.807) is 24.3 Å². The number of rotatable bonds is 6. The maximum atomic E-state index is 12.4. The van der Waals surface area contributed by atoms with Gasteiger partial charge in [0.15, 0.2) is 4.34 Å². The van der Waals surface area contributed by atoms with Gasteiger partial charge in [0.05, 0.1) is 16.9 Å². The van der Waals surface area contributed by atoms with Crippen molar-refractivity contribution < 1.29 is 4.79 Å². The van der Waals surface area contributed by atoms with E-state index < -0.39 is 0 Å². The summed E-state index contributed by atoms with van der Waals surface area (Å²) in [4.78, 5) is 12.4. The van der Waals surface area contributed by atoms with E-state index >= 15 is 0 Å². The zero-order valence-electron chi connectivity index (χ0n) is 14.8. The summed E-state index contributed by atoms with van der Waals surface area (Å²) in [5.74, 6) is -0.131. The maximum absolute atomic E-state index is 12.4. The van der Waals surface area contributed by atoms with Crippen LogP contribution in [0.1, 0.15) is 18.1 Å². The fourth-order valence-corrected chi connectivity index (χ4v) is 4.15. The molecule has 136 valence electrons. The van der Waals surface area contributed by atoms with Crippen LogP contribution in [0, 0.1) is 18.3 Å². The summed E-state index contributed by atoms with van der Waals surface area (Å²) in [6.45, 7) is 3.85. The van der Waals surface area contributed by atoms with Crippen LogP contribution in [0.3, 0.4) is 0 Å². The van der Waals surface area contributed by atoms with Crippen LogP contribution in [0.15, 0.2) is 52.9 Å². The number of carbonyl (C=O) groups is 1. The van der Waals surface area contributed by atoms with Gasteiger partial charge in [-0.3, -0.25) is 4.79 Å². The molecule has 1 amide bonds. The van der Waals surface area contributed by atoms with Gasteiger partial charge in [0.1, 0.15) is 0 Å². The van der Waals surface area contributed by atoms with Crippen molar-refractivity contribution in [3.63, 3.8) is 0 Å². The number of hydrogen-bond donors (Lipinski definition) is 2. The predicted octanol–water partition coefficient (Wildman–Crippen LogP) is 4.58. The molecular weight excluding hydrogens is 378 g/mol. The Bertz CT molecular complexity index is 978. The first-order valence-electron chi connectivity index (χ1n) is 8.18. The predicted molar refractivity (Wildman–Crippen MR) is 109 cm³/mol. The Balaban J connectivity index is 1.57. The van der Waals surface area contributed by atoms with Crippen molar-refractivity contribution in [3.8, 4) is 6.07 Å². The average molecular weight is 396 g/mol. The van der Waals surface area contributed by atoms with Gasteiger partial charge in [-0.25, -0.2) is 0 Å². The molecule has 1 aromatic heterocycles. The largest absolute Gasteiger partial charge is 0.330 e. The second-order valence-electron chi connectivity index (χ2n) is 5.81. The quantitative estimate of drug-likeness (QED) is 0.594. The average Bonchev–Trinajstić information content (AvgIpc) is 3.09. The lowest BCUT2D eigenvalue weighted by Crippen LogP contribution is -2.22. The molecule has 1 atom stereocenters. The van der Waals surface area contributed by atoms with Gasteiger partial charge in [0.25, 0.3) is 0 Å². The van der Waals surface area contributed by atoms with Gasteiger partial charge < -0.3 is 10.6 Å². The van der Waals surface area contributed by atoms with E-state index in [0.717, 1.165) is 11.3 Å². The van der Waals surface area contributed by atoms with Crippen molar-refractivity contribution >= 4 is 45.5 Å². The van der Waals surface area contributed by atoms with Crippen molar-refractivity contribution in [2.45, 2.75) is 23.4 Å². The van der Waals surface area contributed by atoms with Gasteiger partial charge >= 0.3 is 0 Å². The number of nitriles is 1. The molecule has 0 aliphatic heterocycles. The van der Waals surface area contributed by atoms with E-state index in [1.165, 1.54) is 23.1 Å². The Morgan fingerprint density at radius 2 is 1.96 bits per heavy atom. The molecule has 8 heteroatoms. The highest BCUT2D eigenvalue weighted by Gasteiger charge is 2.17. The summed E-state index contributed by atoms with van der Waals surface area (Å²) in [7, 11) is 0. The molecule has 2 N–H and O–H groups in total. The molecule has 3 rings (SSSR count). The number of nitrogens with zero attached hydrogens (tertiary/aromatic N) is 3. The van der Waals surface area contributed by atoms with Gasteiger partial charge in [-0.1, -0.05) is 35.2 Å². The Hall–Kier alpha value is -2.89. The molecule has 0 unspecified atom stereocenters. The summed E-state index contributed by atoms with van der Waals surface area (Å²) < 4.78 is 0.715. The Morgan fingerprint density at radius 1 is 1.19 bits per heavy atom. The number of anilines is 3. The molecule has 2 aromatic carbocycles. The van der Waals surface area contributed by atoms with E-state index in [9.17, 15) is 4.79 Å². The standard InChI is InChI=1S/C19H17N5OS2/c1-12-4-3-5-16(10-12)22-18-23-24-19(27-18)26-13(2)17(25)21-15-8-6-14(11-20)7-9-15/h3-10,13H,1-2H3,(H,21,25)(H,22,23)/t13-/m1/s1. The van der Waals surface area contributed by atoms with Crippen molar-refractivity contribution in [3.05, 3.63) is 59.7 Å². The fourth-order valence-electron chi connectivity index (χ4n) is 2.23. The van der Waals surface area contributed by atoms with Crippen LogP contribution in [0.4, 0.5) is 16.5 Å². The molecule has 6 nitrogen and oxygen atoms in total. The zero-order valence-corrected chi connectivity index (χ0v) is 16.4. The third-order valence-electron chi connectivity index (χ3n) is 3.60. The van der Waals surface area contributed by atoms with Crippen molar-refractivity contribution in [1.82, 2.24) is 10.2 Å². The van der Waals surface area contributed by atoms with Crippen LogP contribution < -0.4 is 10.6 Å². The lowest BCUT2D eigenvalue weighted by molar-refractivity contribution is -0.115. The van der Waals surface area contributed by atoms with Gasteiger partial charge in [-0.2, -0.15) is 5.26 Å². The minimum atomic E-state index is -0.333. The normalized spacial score (nSPS) is 11.4. The van der Waals surface area contributed by atoms with Crippen LogP contribution in [0.5, 0.6) is 0 Å². The first kappa shape index (κ1) is 18.9. The monoisotopic (exact) mass is 395 g/mol. The second-order valence-corrected chi connectivity index (χ2v) is 8.37. The van der Waals surface area contributed by atoms with Gasteiger partial charge in [-0.05, 0) is 55.8 Å². The van der Waals surface area contributed by atoms with Crippen molar-refractivity contribution in [2.24, 2.45) is 0 Å². The van der Waals surface area contributed by atoms with Crippen LogP contribution in [-0.4, -0.2) is 21.4 Å². The van der Waals surface area contributed by atoms with Crippen LogP contribution in [0.25, 0.3) is 0 Å². The van der Waals surface area contributed by atoms with Crippen molar-refractivity contribution in [2.75, 3.05) is 10.6 Å². The Kier molecular flexibility index (Phi) is 6.06. The minimum Gasteiger partial charge on any atom is -0.330 e. The van der Waals surface area contributed by atoms with E-state index in [1.807, 2.05) is 44.2 Å². The molecular formula is C19H17N5OS2. The summed E-state index contributed by atoms with van der Waals surface area (Å²) in [5.41, 5.74) is 3.32. The van der Waals surface area contributed by atoms with E-state index in [-0.39, 0.29) is 11.2 Å². The SMILES string of the molecule is Cc1cccc(Nc2nnc(S[C@H](C)C(=O)Nc3ccc(C#N)cc3)s2)c1. The lowest BCUT2D eigenvalue weighted by Gasteiger charge is -2.10. The second kappa shape index (κ2) is 8.66. The van der Waals surface area contributed by atoms with Gasteiger partial charge in [0.2, 0.25) is 11.0 Å². The van der Waals surface area contributed by atoms with E-state index in [4.69, 9.17) is 5.26 Å². The molecule has 0 bridgehead atoms. The molecule has 0 saturated heterocycles. The molecule has 3 aromatic rings. The molecule has 0 radical (unpaired) electrons. The smallest absolute Gasteiger partial charge is 0.237 e. The van der Waals surface area contributed by atoms with Gasteiger partial charge in [-0.15, -0.1) is 10.2 Å². The van der Waals surface area contributed by atoms with Crippen LogP contribution in [-0.2, 0) is 4.79 Å². The minimum absolute atomic E-state index is 0.131. The van der Waals surface area contributed by atoms with Crippen molar-refractivity contribution in [1.29, 1.82) is 5.26 Å². The molecule has 27 heavy (non-hydrogen) atoms. The summed E-state index contributed by atoms with van der Waals surface area (Å²) >= 11 is 2.76. The summed E-state index contributed by atoms with van der Waals surface area (Å²) in [6.07, 6.45) is 0. The van der Waals surface area contributed by atoms with E-state index in [0.29, 0.717) is 20.7 Å². The van der Waals surface area contributed by atoms with Crippen LogP contribution in [0.2, 0.25) is 0 Å². The Labute approximate surface area is 165 Å². The lowest BCUT2D eigenvalue weighted by atomic mass is 10.2. The molecule has 1 heterocycles. The maximum Gasteiger partial charge on any atom is 0.237 e. The number of aryl methyl sites for hydroxylation is 1. The summed E-state index contributed by atoms with van der Waals surface area (Å²) in [5, 5.41) is 23.5. The molecule has 0 spiro atoms. The van der Waals surface area contributed by atoms with Crippen LogP contribution >= 0.6 is 23.1 Å². The van der Waals surface area contributed by atoms with Gasteiger partial charge in [0, 0.05) is 11.4 Å². The molecule has 0 aliphatic carbocycles. The summed E-state index contributed by atoms with van der Waals surface area (Å²) in [6, 6.07) is 16.8.